The van der Waals surface area contributed by atoms with Crippen LogP contribution in [0.2, 0.25) is 0 Å². The lowest BCUT2D eigenvalue weighted by Crippen LogP contribution is -2.19. The molecule has 0 radical (unpaired) electrons. The fourth-order valence-corrected chi connectivity index (χ4v) is 2.23. The van der Waals surface area contributed by atoms with Crippen molar-refractivity contribution in [1.29, 1.82) is 0 Å². The number of methoxy groups -OCH3 is 1. The van der Waals surface area contributed by atoms with Gasteiger partial charge in [-0.3, -0.25) is 39.8 Å². The molecular weight excluding hydrogens is 368 g/mol. The first-order valence-electron chi connectivity index (χ1n) is 7.13. The molecule has 0 saturated heterocycles. The number of carbonyl (C=O) groups is 1. The summed E-state index contributed by atoms with van der Waals surface area (Å²) in [6.45, 7) is 0.733. The molecule has 1 heterocycles. The molecule has 2 rings (SSSR count). The lowest BCUT2D eigenvalue weighted by Gasteiger charge is -2.07. The van der Waals surface area contributed by atoms with Crippen LogP contribution in [0.3, 0.4) is 0 Å². The first kappa shape index (κ1) is 19.2. The van der Waals surface area contributed by atoms with Crippen LogP contribution in [0.15, 0.2) is 18.3 Å². The Hall–Kier alpha value is -4.10. The van der Waals surface area contributed by atoms with E-state index in [4.69, 9.17) is 4.74 Å². The predicted molar refractivity (Wildman–Crippen MR) is 88.6 cm³/mol. The van der Waals surface area contributed by atoms with Crippen LogP contribution in [-0.2, 0) is 11.3 Å². The van der Waals surface area contributed by atoms with Crippen molar-refractivity contribution in [1.82, 2.24) is 9.78 Å². The van der Waals surface area contributed by atoms with E-state index in [2.05, 4.69) is 10.4 Å². The van der Waals surface area contributed by atoms with Crippen LogP contribution in [-0.4, -0.2) is 37.6 Å². The van der Waals surface area contributed by atoms with Gasteiger partial charge in [-0.15, -0.1) is 5.10 Å². The first-order chi connectivity index (χ1) is 12.6. The Kier molecular flexibility index (Phi) is 5.29. The number of ether oxygens (including phenoxy) is 1. The molecule has 14 nitrogen and oxygen atoms in total. The number of nitro benzene ring substituents is 2. The molecule has 0 aliphatic rings. The number of amides is 1. The fourth-order valence-electron chi connectivity index (χ4n) is 2.23. The number of nitro groups is 3. The van der Waals surface area contributed by atoms with Gasteiger partial charge in [-0.05, 0) is 6.92 Å². The van der Waals surface area contributed by atoms with Gasteiger partial charge in [0.2, 0.25) is 5.91 Å². The van der Waals surface area contributed by atoms with Gasteiger partial charge < -0.3 is 10.1 Å². The molecule has 0 aliphatic carbocycles. The summed E-state index contributed by atoms with van der Waals surface area (Å²) in [6, 6.07) is 1.96. The third-order valence-corrected chi connectivity index (χ3v) is 3.44. The summed E-state index contributed by atoms with van der Waals surface area (Å²) in [6.07, 6.45) is 0.971. The normalized spacial score (nSPS) is 10.3. The number of aromatic nitrogens is 2. The zero-order valence-electron chi connectivity index (χ0n) is 13.9. The van der Waals surface area contributed by atoms with E-state index in [1.54, 1.807) is 0 Å². The molecule has 142 valence electrons. The Morgan fingerprint density at radius 2 is 1.63 bits per heavy atom. The van der Waals surface area contributed by atoms with E-state index in [1.807, 2.05) is 0 Å². The largest absolute Gasteiger partial charge is 0.475 e. The summed E-state index contributed by atoms with van der Waals surface area (Å²) in [4.78, 5) is 42.7. The average molecular weight is 380 g/mol. The average Bonchev–Trinajstić information content (AvgIpc) is 2.98. The monoisotopic (exact) mass is 380 g/mol. The van der Waals surface area contributed by atoms with E-state index in [1.165, 1.54) is 14.0 Å². The van der Waals surface area contributed by atoms with Crippen molar-refractivity contribution < 1.29 is 24.3 Å². The molecular formula is C13H12N6O8. The number of hydrogen-bond donors (Lipinski definition) is 1. The number of benzene rings is 1. The first-order valence-corrected chi connectivity index (χ1v) is 7.13. The Morgan fingerprint density at radius 1 is 1.11 bits per heavy atom. The van der Waals surface area contributed by atoms with Crippen molar-refractivity contribution in [3.8, 4) is 5.88 Å². The second-order valence-corrected chi connectivity index (χ2v) is 5.18. The maximum Gasteiger partial charge on any atom is 0.350 e. The minimum Gasteiger partial charge on any atom is -0.475 e. The smallest absolute Gasteiger partial charge is 0.350 e. The highest BCUT2D eigenvalue weighted by molar-refractivity contribution is 5.91. The molecule has 0 atom stereocenters. The number of hydrogen-bond acceptors (Lipinski definition) is 9. The minimum atomic E-state index is -0.806. The number of nitrogens with one attached hydrogen (secondary N) is 1. The molecule has 1 amide bonds. The topological polar surface area (TPSA) is 186 Å². The van der Waals surface area contributed by atoms with Gasteiger partial charge in [0.25, 0.3) is 11.4 Å². The highest BCUT2D eigenvalue weighted by atomic mass is 16.6. The lowest BCUT2D eigenvalue weighted by molar-refractivity contribution is -0.395. The van der Waals surface area contributed by atoms with Crippen LogP contribution in [0.25, 0.3) is 0 Å². The van der Waals surface area contributed by atoms with Gasteiger partial charge in [0.15, 0.2) is 0 Å². The molecule has 0 bridgehead atoms. The summed E-state index contributed by atoms with van der Waals surface area (Å²) < 4.78 is 5.66. The van der Waals surface area contributed by atoms with E-state index in [0.717, 1.165) is 23.0 Å². The van der Waals surface area contributed by atoms with Crippen molar-refractivity contribution >= 4 is 28.7 Å². The van der Waals surface area contributed by atoms with Gasteiger partial charge in [0, 0.05) is 12.1 Å². The zero-order valence-corrected chi connectivity index (χ0v) is 13.9. The van der Waals surface area contributed by atoms with E-state index in [9.17, 15) is 35.1 Å². The molecule has 27 heavy (non-hydrogen) atoms. The van der Waals surface area contributed by atoms with Crippen LogP contribution in [0, 0.1) is 37.3 Å². The summed E-state index contributed by atoms with van der Waals surface area (Å²) in [5.41, 5.74) is -1.84. The van der Waals surface area contributed by atoms with Crippen molar-refractivity contribution in [3.05, 3.63) is 54.2 Å². The molecule has 1 aromatic heterocycles. The Morgan fingerprint density at radius 3 is 2.04 bits per heavy atom. The zero-order chi connectivity index (χ0) is 20.3. The minimum absolute atomic E-state index is 0.157. The molecule has 0 saturated carbocycles. The van der Waals surface area contributed by atoms with Gasteiger partial charge in [-0.2, -0.15) is 0 Å². The predicted octanol–water partition coefficient (Wildman–Crippen LogP) is 1.56. The number of anilines is 1. The van der Waals surface area contributed by atoms with Crippen molar-refractivity contribution in [2.24, 2.45) is 0 Å². The van der Waals surface area contributed by atoms with Crippen LogP contribution in [0.1, 0.15) is 5.56 Å². The standard InChI is InChI=1S/C13H12N6O8/c1-7-9(17(21)22)3-8(4-10(7)18(23)24)14-12(20)6-16-5-11(19(25)26)13(15-16)27-2/h3-5H,6H2,1-2H3,(H,14,20). The quantitative estimate of drug-likeness (QED) is 0.549. The highest BCUT2D eigenvalue weighted by Crippen LogP contribution is 2.31. The number of rotatable bonds is 7. The Labute approximate surface area is 149 Å². The molecule has 0 spiro atoms. The highest BCUT2D eigenvalue weighted by Gasteiger charge is 2.25. The number of nitrogens with zero attached hydrogens (tertiary/aromatic N) is 5. The van der Waals surface area contributed by atoms with Gasteiger partial charge in [-0.1, -0.05) is 0 Å². The molecule has 0 fully saturated rings. The Bertz CT molecular complexity index is 917. The SMILES string of the molecule is COc1nn(CC(=O)Nc2cc([N+](=O)[O-])c(C)c([N+](=O)[O-])c2)cc1[N+](=O)[O-]. The fraction of sp³-hybridized carbons (Fsp3) is 0.231. The van der Waals surface area contributed by atoms with Crippen LogP contribution >= 0.6 is 0 Å². The third-order valence-electron chi connectivity index (χ3n) is 3.44. The molecule has 1 aromatic carbocycles. The van der Waals surface area contributed by atoms with Crippen LogP contribution in [0.4, 0.5) is 22.7 Å². The summed E-state index contributed by atoms with van der Waals surface area (Å²) in [5, 5.41) is 38.9. The van der Waals surface area contributed by atoms with Crippen molar-refractivity contribution in [3.63, 3.8) is 0 Å². The number of carbonyl (C=O) groups excluding carboxylic acids is 1. The van der Waals surface area contributed by atoms with Gasteiger partial charge in [0.1, 0.15) is 18.3 Å². The lowest BCUT2D eigenvalue weighted by atomic mass is 10.1. The van der Waals surface area contributed by atoms with Gasteiger partial charge in [0.05, 0.1) is 27.6 Å². The Balaban J connectivity index is 2.27. The van der Waals surface area contributed by atoms with E-state index in [-0.39, 0.29) is 17.1 Å². The summed E-state index contributed by atoms with van der Waals surface area (Å²) in [5.74, 6) is -1.06. The van der Waals surface area contributed by atoms with Crippen LogP contribution < -0.4 is 10.1 Å². The van der Waals surface area contributed by atoms with Crippen molar-refractivity contribution in [2.45, 2.75) is 13.5 Å². The van der Waals surface area contributed by atoms with E-state index >= 15 is 0 Å². The maximum absolute atomic E-state index is 12.1. The molecule has 14 heteroatoms. The van der Waals surface area contributed by atoms with E-state index in [0.29, 0.717) is 0 Å². The molecule has 2 aromatic rings. The van der Waals surface area contributed by atoms with E-state index < -0.39 is 44.3 Å². The van der Waals surface area contributed by atoms with Crippen LogP contribution in [0.5, 0.6) is 5.88 Å². The molecule has 0 aliphatic heterocycles. The van der Waals surface area contributed by atoms with Gasteiger partial charge in [-0.25, -0.2) is 0 Å². The molecule has 1 N–H and O–H groups in total. The second kappa shape index (κ2) is 7.42. The molecule has 0 unspecified atom stereocenters. The summed E-state index contributed by atoms with van der Waals surface area (Å²) in [7, 11) is 1.17. The van der Waals surface area contributed by atoms with Gasteiger partial charge >= 0.3 is 11.6 Å². The third kappa shape index (κ3) is 4.12. The maximum atomic E-state index is 12.1. The second-order valence-electron chi connectivity index (χ2n) is 5.18. The van der Waals surface area contributed by atoms with Crippen molar-refractivity contribution in [2.75, 3.05) is 12.4 Å². The summed E-state index contributed by atoms with van der Waals surface area (Å²) >= 11 is 0.